The maximum Gasteiger partial charge on any atom is 0.326 e. The van der Waals surface area contributed by atoms with E-state index in [9.17, 15) is 19.2 Å². The third-order valence-corrected chi connectivity index (χ3v) is 3.54. The predicted octanol–water partition coefficient (Wildman–Crippen LogP) is -0.794. The van der Waals surface area contributed by atoms with E-state index >= 15 is 0 Å². The van der Waals surface area contributed by atoms with Gasteiger partial charge in [0.05, 0.1) is 12.6 Å². The lowest BCUT2D eigenvalue weighted by molar-refractivity contribution is -0.142. The van der Waals surface area contributed by atoms with Crippen LogP contribution in [0.5, 0.6) is 0 Å². The molecule has 3 unspecified atom stereocenters. The van der Waals surface area contributed by atoms with Crippen LogP contribution in [0, 0.1) is 11.8 Å². The van der Waals surface area contributed by atoms with Crippen molar-refractivity contribution in [2.45, 2.75) is 59.2 Å². The van der Waals surface area contributed by atoms with Gasteiger partial charge in [-0.2, -0.15) is 0 Å². The molecular formula is C16H30N4O5. The van der Waals surface area contributed by atoms with E-state index in [1.54, 1.807) is 13.8 Å². The van der Waals surface area contributed by atoms with Crippen molar-refractivity contribution in [2.24, 2.45) is 17.6 Å². The first-order valence-electron chi connectivity index (χ1n) is 8.31. The quantitative estimate of drug-likeness (QED) is 0.345. The first-order chi connectivity index (χ1) is 11.5. The molecule has 0 radical (unpaired) electrons. The number of carbonyl (C=O) groups excluding carboxylic acids is 3. The van der Waals surface area contributed by atoms with Crippen molar-refractivity contribution in [3.05, 3.63) is 0 Å². The van der Waals surface area contributed by atoms with Crippen molar-refractivity contribution >= 4 is 23.7 Å². The number of nitrogens with two attached hydrogens (primary N) is 1. The van der Waals surface area contributed by atoms with Crippen molar-refractivity contribution in [3.63, 3.8) is 0 Å². The Labute approximate surface area is 148 Å². The number of rotatable bonds is 10. The normalized spacial score (nSPS) is 14.6. The molecule has 3 atom stereocenters. The summed E-state index contributed by atoms with van der Waals surface area (Å²) in [5.41, 5.74) is 5.69. The average Bonchev–Trinajstić information content (AvgIpc) is 2.50. The lowest BCUT2D eigenvalue weighted by Crippen LogP contribution is -2.53. The highest BCUT2D eigenvalue weighted by molar-refractivity contribution is 5.92. The summed E-state index contributed by atoms with van der Waals surface area (Å²) in [4.78, 5) is 46.6. The van der Waals surface area contributed by atoms with Gasteiger partial charge in [-0.25, -0.2) is 4.79 Å². The molecule has 144 valence electrons. The Bertz CT molecular complexity index is 493. The molecule has 0 fully saturated rings. The molecule has 9 nitrogen and oxygen atoms in total. The van der Waals surface area contributed by atoms with Crippen LogP contribution in [0.2, 0.25) is 0 Å². The fraction of sp³-hybridized carbons (Fsp3) is 0.750. The van der Waals surface area contributed by atoms with Gasteiger partial charge in [0.25, 0.3) is 0 Å². The van der Waals surface area contributed by atoms with E-state index in [-0.39, 0.29) is 24.8 Å². The molecule has 25 heavy (non-hydrogen) atoms. The molecule has 0 aliphatic carbocycles. The molecule has 0 aromatic rings. The highest BCUT2D eigenvalue weighted by Gasteiger charge is 2.24. The summed E-state index contributed by atoms with van der Waals surface area (Å²) in [6, 6.07) is -2.60. The lowest BCUT2D eigenvalue weighted by Gasteiger charge is -2.20. The van der Waals surface area contributed by atoms with Crippen molar-refractivity contribution in [1.82, 2.24) is 16.0 Å². The van der Waals surface area contributed by atoms with E-state index < -0.39 is 41.8 Å². The van der Waals surface area contributed by atoms with Gasteiger partial charge >= 0.3 is 5.97 Å². The maximum absolute atomic E-state index is 11.9. The molecule has 0 aromatic heterocycles. The van der Waals surface area contributed by atoms with Gasteiger partial charge in [-0.3, -0.25) is 14.4 Å². The van der Waals surface area contributed by atoms with Gasteiger partial charge in [-0.05, 0) is 25.2 Å². The van der Waals surface area contributed by atoms with Gasteiger partial charge < -0.3 is 26.8 Å². The fourth-order valence-corrected chi connectivity index (χ4v) is 1.94. The Morgan fingerprint density at radius 3 is 1.96 bits per heavy atom. The molecule has 0 spiro atoms. The minimum absolute atomic E-state index is 0.0741. The molecular weight excluding hydrogens is 328 g/mol. The number of carboxylic acid groups (broad SMARTS) is 1. The number of hydrogen-bond donors (Lipinski definition) is 5. The predicted molar refractivity (Wildman–Crippen MR) is 92.4 cm³/mol. The molecule has 0 aliphatic rings. The smallest absolute Gasteiger partial charge is 0.326 e. The van der Waals surface area contributed by atoms with E-state index in [0.717, 1.165) is 0 Å². The topological polar surface area (TPSA) is 151 Å². The summed E-state index contributed by atoms with van der Waals surface area (Å²) in [5, 5.41) is 16.2. The van der Waals surface area contributed by atoms with Crippen molar-refractivity contribution < 1.29 is 24.3 Å². The molecule has 0 aromatic carbocycles. The van der Waals surface area contributed by atoms with Gasteiger partial charge in [0, 0.05) is 0 Å². The van der Waals surface area contributed by atoms with Crippen LogP contribution in [-0.2, 0) is 19.2 Å². The number of carboxylic acids is 1. The van der Waals surface area contributed by atoms with Crippen LogP contribution in [0.25, 0.3) is 0 Å². The third kappa shape index (κ3) is 9.04. The minimum atomic E-state index is -1.13. The molecule has 9 heteroatoms. The van der Waals surface area contributed by atoms with Crippen LogP contribution in [0.4, 0.5) is 0 Å². The zero-order valence-corrected chi connectivity index (χ0v) is 15.5. The summed E-state index contributed by atoms with van der Waals surface area (Å²) < 4.78 is 0. The van der Waals surface area contributed by atoms with Crippen molar-refractivity contribution in [1.29, 1.82) is 0 Å². The summed E-state index contributed by atoms with van der Waals surface area (Å²) >= 11 is 0. The minimum Gasteiger partial charge on any atom is -0.480 e. The second kappa shape index (κ2) is 10.7. The summed E-state index contributed by atoms with van der Waals surface area (Å²) in [6.07, 6.45) is 0.286. The molecule has 0 saturated carbocycles. The molecule has 0 aliphatic heterocycles. The maximum atomic E-state index is 11.9. The van der Waals surface area contributed by atoms with Gasteiger partial charge in [-0.15, -0.1) is 0 Å². The summed E-state index contributed by atoms with van der Waals surface area (Å²) in [6.45, 7) is 8.35. The van der Waals surface area contributed by atoms with E-state index in [1.165, 1.54) is 6.92 Å². The molecule has 3 amide bonds. The number of nitrogens with one attached hydrogen (secondary N) is 3. The second-order valence-corrected chi connectivity index (χ2v) is 6.81. The Hall–Kier alpha value is -2.16. The second-order valence-electron chi connectivity index (χ2n) is 6.81. The number of carbonyl (C=O) groups is 4. The van der Waals surface area contributed by atoms with E-state index in [2.05, 4.69) is 16.0 Å². The number of aliphatic carboxylic acids is 1. The van der Waals surface area contributed by atoms with Crippen LogP contribution in [-0.4, -0.2) is 53.5 Å². The Balaban J connectivity index is 4.41. The van der Waals surface area contributed by atoms with Crippen LogP contribution >= 0.6 is 0 Å². The Morgan fingerprint density at radius 1 is 0.960 bits per heavy atom. The largest absolute Gasteiger partial charge is 0.480 e. The molecule has 0 saturated heterocycles. The SMILES string of the molecule is CC(C)CC(NC(=O)CNC(=O)C(C)NC(=O)C(N)C(C)C)C(=O)O. The van der Waals surface area contributed by atoms with Crippen LogP contribution < -0.4 is 21.7 Å². The van der Waals surface area contributed by atoms with Crippen LogP contribution in [0.15, 0.2) is 0 Å². The standard InChI is InChI=1S/C16H30N4O5/c1-8(2)6-11(16(24)25)20-12(21)7-18-14(22)10(5)19-15(23)13(17)9(3)4/h8-11,13H,6-7,17H2,1-5H3,(H,18,22)(H,19,23)(H,20,21)(H,24,25). The van der Waals surface area contributed by atoms with Gasteiger partial charge in [-0.1, -0.05) is 27.7 Å². The van der Waals surface area contributed by atoms with E-state index in [1.807, 2.05) is 13.8 Å². The Morgan fingerprint density at radius 2 is 1.52 bits per heavy atom. The summed E-state index contributed by atoms with van der Waals surface area (Å²) in [7, 11) is 0. The number of amides is 3. The number of hydrogen-bond acceptors (Lipinski definition) is 5. The van der Waals surface area contributed by atoms with E-state index in [0.29, 0.717) is 0 Å². The molecule has 0 rings (SSSR count). The monoisotopic (exact) mass is 358 g/mol. The van der Waals surface area contributed by atoms with Crippen LogP contribution in [0.1, 0.15) is 41.0 Å². The van der Waals surface area contributed by atoms with Crippen LogP contribution in [0.3, 0.4) is 0 Å². The van der Waals surface area contributed by atoms with Crippen molar-refractivity contribution in [3.8, 4) is 0 Å². The molecule has 6 N–H and O–H groups in total. The fourth-order valence-electron chi connectivity index (χ4n) is 1.94. The van der Waals surface area contributed by atoms with Crippen molar-refractivity contribution in [2.75, 3.05) is 6.54 Å². The Kier molecular flexibility index (Phi) is 9.73. The highest BCUT2D eigenvalue weighted by Crippen LogP contribution is 2.04. The van der Waals surface area contributed by atoms with Gasteiger partial charge in [0.1, 0.15) is 12.1 Å². The van der Waals surface area contributed by atoms with E-state index in [4.69, 9.17) is 10.8 Å². The first kappa shape index (κ1) is 22.8. The zero-order chi connectivity index (χ0) is 19.7. The zero-order valence-electron chi connectivity index (χ0n) is 15.5. The summed E-state index contributed by atoms with van der Waals surface area (Å²) in [5.74, 6) is -2.73. The van der Waals surface area contributed by atoms with Gasteiger partial charge in [0.2, 0.25) is 17.7 Å². The average molecular weight is 358 g/mol. The molecule has 0 bridgehead atoms. The highest BCUT2D eigenvalue weighted by atomic mass is 16.4. The first-order valence-corrected chi connectivity index (χ1v) is 8.31. The third-order valence-electron chi connectivity index (χ3n) is 3.54. The van der Waals surface area contributed by atoms with Gasteiger partial charge in [0.15, 0.2) is 0 Å². The lowest BCUT2D eigenvalue weighted by atomic mass is 10.0. The molecule has 0 heterocycles.